The van der Waals surface area contributed by atoms with Crippen molar-refractivity contribution in [1.29, 1.82) is 0 Å². The van der Waals surface area contributed by atoms with E-state index in [9.17, 15) is 4.79 Å². The van der Waals surface area contributed by atoms with Crippen molar-refractivity contribution in [2.75, 3.05) is 0 Å². The van der Waals surface area contributed by atoms with Crippen LogP contribution in [0.5, 0.6) is 0 Å². The van der Waals surface area contributed by atoms with Crippen LogP contribution in [0.1, 0.15) is 22.5 Å². The first-order valence-corrected chi connectivity index (χ1v) is 8.34. The number of halogens is 2. The van der Waals surface area contributed by atoms with Crippen molar-refractivity contribution in [3.05, 3.63) is 97.6 Å². The van der Waals surface area contributed by atoms with Gasteiger partial charge in [0.2, 0.25) is 0 Å². The van der Waals surface area contributed by atoms with Gasteiger partial charge in [0.25, 0.3) is 0 Å². The molecule has 0 aliphatic heterocycles. The number of nitrogens with zero attached hydrogens (tertiary/aromatic N) is 1. The molecule has 3 rings (SSSR count). The molecule has 3 aromatic rings. The predicted molar refractivity (Wildman–Crippen MR) is 106 cm³/mol. The number of aromatic nitrogens is 2. The molecule has 1 N–H and O–H groups in total. The molecule has 0 fully saturated rings. The molecule has 0 bridgehead atoms. The first-order chi connectivity index (χ1) is 12.1. The molecular weight excluding hydrogens is 355 g/mol. The third kappa shape index (κ3) is 4.69. The quantitative estimate of drug-likeness (QED) is 0.668. The molecule has 0 saturated carbocycles. The summed E-state index contributed by atoms with van der Waals surface area (Å²) < 4.78 is 0. The van der Waals surface area contributed by atoms with E-state index in [-0.39, 0.29) is 0 Å². The van der Waals surface area contributed by atoms with Crippen LogP contribution in [0.25, 0.3) is 24.3 Å². The van der Waals surface area contributed by atoms with Crippen LogP contribution in [0.2, 0.25) is 10.0 Å². The molecule has 0 saturated heterocycles. The Hall–Kier alpha value is -2.62. The largest absolute Gasteiger partial charge is 0.345 e. The third-order valence-electron chi connectivity index (χ3n) is 3.47. The summed E-state index contributed by atoms with van der Waals surface area (Å²) in [7, 11) is 0. The summed E-state index contributed by atoms with van der Waals surface area (Å²) in [6.07, 6.45) is 7.21. The second kappa shape index (κ2) is 7.97. The van der Waals surface area contributed by atoms with E-state index in [1.54, 1.807) is 18.2 Å². The third-order valence-corrected chi connectivity index (χ3v) is 4.16. The van der Waals surface area contributed by atoms with Gasteiger partial charge >= 0.3 is 5.69 Å². The van der Waals surface area contributed by atoms with Crippen LogP contribution in [0, 0.1) is 0 Å². The Morgan fingerprint density at radius 3 is 1.96 bits per heavy atom. The van der Waals surface area contributed by atoms with Crippen molar-refractivity contribution >= 4 is 47.5 Å². The zero-order valence-electron chi connectivity index (χ0n) is 13.1. The molecule has 1 heterocycles. The second-order valence-electron chi connectivity index (χ2n) is 5.28. The maximum Gasteiger partial charge on any atom is 0.345 e. The summed E-state index contributed by atoms with van der Waals surface area (Å²) in [6.45, 7) is 0. The molecule has 1 aromatic heterocycles. The Morgan fingerprint density at radius 2 is 1.36 bits per heavy atom. The van der Waals surface area contributed by atoms with Crippen LogP contribution >= 0.6 is 23.2 Å². The molecule has 0 aliphatic carbocycles. The lowest BCUT2D eigenvalue weighted by Gasteiger charge is -1.99. The molecular formula is C20H14Cl2N2O. The zero-order chi connectivity index (χ0) is 17.6. The van der Waals surface area contributed by atoms with E-state index in [1.807, 2.05) is 60.7 Å². The number of hydrogen-bond acceptors (Lipinski definition) is 2. The summed E-state index contributed by atoms with van der Waals surface area (Å²) >= 11 is 12.2. The van der Waals surface area contributed by atoms with E-state index in [0.717, 1.165) is 11.1 Å². The fourth-order valence-electron chi connectivity index (χ4n) is 2.25. The Bertz CT molecular complexity index is 930. The molecule has 0 atom stereocenters. The van der Waals surface area contributed by atoms with E-state index in [2.05, 4.69) is 9.97 Å². The van der Waals surface area contributed by atoms with Gasteiger partial charge in [-0.3, -0.25) is 0 Å². The van der Waals surface area contributed by atoms with Gasteiger partial charge in [0.15, 0.2) is 0 Å². The lowest BCUT2D eigenvalue weighted by Crippen LogP contribution is -2.12. The monoisotopic (exact) mass is 368 g/mol. The zero-order valence-corrected chi connectivity index (χ0v) is 14.6. The summed E-state index contributed by atoms with van der Waals surface area (Å²) in [4.78, 5) is 18.4. The fourth-order valence-corrected chi connectivity index (χ4v) is 2.64. The van der Waals surface area contributed by atoms with Crippen molar-refractivity contribution in [2.45, 2.75) is 0 Å². The first-order valence-electron chi connectivity index (χ1n) is 7.58. The smallest absolute Gasteiger partial charge is 0.306 e. The van der Waals surface area contributed by atoms with Crippen molar-refractivity contribution in [2.24, 2.45) is 0 Å². The van der Waals surface area contributed by atoms with Gasteiger partial charge in [-0.2, -0.15) is 4.98 Å². The van der Waals surface area contributed by atoms with E-state index >= 15 is 0 Å². The summed E-state index contributed by atoms with van der Waals surface area (Å²) in [5.74, 6) is 0. The average molecular weight is 369 g/mol. The second-order valence-corrected chi connectivity index (χ2v) is 6.09. The maximum atomic E-state index is 11.8. The molecule has 5 heteroatoms. The van der Waals surface area contributed by atoms with Crippen LogP contribution in [-0.2, 0) is 0 Å². The van der Waals surface area contributed by atoms with Gasteiger partial charge in [-0.05, 0) is 41.5 Å². The SMILES string of the molecule is O=c1nc(/C=C/c2ccccc2Cl)cc(/C=C/c2ccccc2Cl)[nH]1. The van der Waals surface area contributed by atoms with Gasteiger partial charge in [-0.1, -0.05) is 71.8 Å². The topological polar surface area (TPSA) is 45.8 Å². The fraction of sp³-hybridized carbons (Fsp3) is 0. The number of nitrogens with one attached hydrogen (secondary N) is 1. The molecule has 124 valence electrons. The van der Waals surface area contributed by atoms with E-state index in [0.29, 0.717) is 21.4 Å². The molecule has 3 nitrogen and oxygen atoms in total. The molecule has 2 aromatic carbocycles. The van der Waals surface area contributed by atoms with Crippen molar-refractivity contribution in [1.82, 2.24) is 9.97 Å². The van der Waals surface area contributed by atoms with Crippen molar-refractivity contribution in [3.63, 3.8) is 0 Å². The summed E-state index contributed by atoms with van der Waals surface area (Å²) in [6, 6.07) is 16.7. The summed E-state index contributed by atoms with van der Waals surface area (Å²) in [5, 5.41) is 1.29. The van der Waals surface area contributed by atoms with Crippen LogP contribution in [0.15, 0.2) is 59.4 Å². The van der Waals surface area contributed by atoms with Gasteiger partial charge < -0.3 is 4.98 Å². The van der Waals surface area contributed by atoms with E-state index < -0.39 is 5.69 Å². The minimum Gasteiger partial charge on any atom is -0.306 e. The Balaban J connectivity index is 1.87. The minimum atomic E-state index is -0.417. The van der Waals surface area contributed by atoms with Crippen LogP contribution in [0.4, 0.5) is 0 Å². The highest BCUT2D eigenvalue weighted by molar-refractivity contribution is 6.32. The number of aromatic amines is 1. The number of hydrogen-bond donors (Lipinski definition) is 1. The Kier molecular flexibility index (Phi) is 5.49. The van der Waals surface area contributed by atoms with Gasteiger partial charge in [0, 0.05) is 15.7 Å². The molecule has 0 spiro atoms. The van der Waals surface area contributed by atoms with Gasteiger partial charge in [0.05, 0.1) is 5.69 Å². The summed E-state index contributed by atoms with van der Waals surface area (Å²) in [5.41, 5.74) is 2.50. The van der Waals surface area contributed by atoms with Crippen LogP contribution in [-0.4, -0.2) is 9.97 Å². The molecule has 0 amide bonds. The Morgan fingerprint density at radius 1 is 0.800 bits per heavy atom. The highest BCUT2D eigenvalue weighted by Gasteiger charge is 1.99. The van der Waals surface area contributed by atoms with Gasteiger partial charge in [-0.25, -0.2) is 4.79 Å². The van der Waals surface area contributed by atoms with Crippen molar-refractivity contribution < 1.29 is 0 Å². The number of benzene rings is 2. The van der Waals surface area contributed by atoms with Gasteiger partial charge in [0.1, 0.15) is 0 Å². The molecule has 25 heavy (non-hydrogen) atoms. The number of H-pyrrole nitrogens is 1. The number of rotatable bonds is 4. The molecule has 0 aliphatic rings. The Labute approximate surface area is 155 Å². The van der Waals surface area contributed by atoms with Crippen LogP contribution < -0.4 is 5.69 Å². The first kappa shape index (κ1) is 17.2. The van der Waals surface area contributed by atoms with Crippen LogP contribution in [0.3, 0.4) is 0 Å². The average Bonchev–Trinajstić information content (AvgIpc) is 2.60. The van der Waals surface area contributed by atoms with E-state index in [4.69, 9.17) is 23.2 Å². The van der Waals surface area contributed by atoms with Crippen molar-refractivity contribution in [3.8, 4) is 0 Å². The van der Waals surface area contributed by atoms with Gasteiger partial charge in [-0.15, -0.1) is 0 Å². The minimum absolute atomic E-state index is 0.417. The molecule has 0 unspecified atom stereocenters. The lowest BCUT2D eigenvalue weighted by atomic mass is 10.1. The predicted octanol–water partition coefficient (Wildman–Crippen LogP) is 5.42. The lowest BCUT2D eigenvalue weighted by molar-refractivity contribution is 1.05. The molecule has 0 radical (unpaired) electrons. The van der Waals surface area contributed by atoms with E-state index in [1.165, 1.54) is 0 Å². The normalized spacial score (nSPS) is 11.4. The highest BCUT2D eigenvalue weighted by atomic mass is 35.5. The standard InChI is InChI=1S/C20H14Cl2N2O/c21-18-7-3-1-5-14(18)9-11-16-13-17(24-20(25)23-16)12-10-15-6-2-4-8-19(15)22/h1-13H,(H,23,24,25)/b11-9+,12-10+. The maximum absolute atomic E-state index is 11.8. The highest BCUT2D eigenvalue weighted by Crippen LogP contribution is 2.19.